The minimum atomic E-state index is -0.162. The Bertz CT molecular complexity index is 990. The quantitative estimate of drug-likeness (QED) is 0.723. The van der Waals surface area contributed by atoms with Crippen LogP contribution >= 0.6 is 0 Å². The molecule has 5 nitrogen and oxygen atoms in total. The molecule has 1 heterocycles. The average Bonchev–Trinajstić information content (AvgIpc) is 2.67. The van der Waals surface area contributed by atoms with E-state index in [4.69, 9.17) is 4.74 Å². The molecule has 0 bridgehead atoms. The lowest BCUT2D eigenvalue weighted by Gasteiger charge is -2.25. The summed E-state index contributed by atoms with van der Waals surface area (Å²) in [6.45, 7) is 4.94. The SMILES string of the molecule is COc1ccc(C(=O)N(Cc2cc3ccccc3[nH]c2=O)CC(C)C)cc1. The lowest BCUT2D eigenvalue weighted by Crippen LogP contribution is -2.35. The fraction of sp³-hybridized carbons (Fsp3) is 0.273. The van der Waals surface area contributed by atoms with Gasteiger partial charge in [0.25, 0.3) is 11.5 Å². The zero-order valence-corrected chi connectivity index (χ0v) is 15.9. The molecule has 1 N–H and O–H groups in total. The number of aromatic amines is 1. The molecule has 0 saturated carbocycles. The molecule has 1 aromatic heterocycles. The van der Waals surface area contributed by atoms with Gasteiger partial charge in [-0.05, 0) is 47.7 Å². The number of amides is 1. The van der Waals surface area contributed by atoms with E-state index in [9.17, 15) is 9.59 Å². The first-order valence-corrected chi connectivity index (χ1v) is 9.02. The number of para-hydroxylation sites is 1. The number of nitrogens with one attached hydrogen (secondary N) is 1. The zero-order chi connectivity index (χ0) is 19.4. The molecule has 0 aliphatic rings. The average molecular weight is 364 g/mol. The van der Waals surface area contributed by atoms with Crippen molar-refractivity contribution in [2.75, 3.05) is 13.7 Å². The predicted octanol–water partition coefficient (Wildman–Crippen LogP) is 3.84. The van der Waals surface area contributed by atoms with Gasteiger partial charge in [-0.1, -0.05) is 32.0 Å². The molecule has 0 radical (unpaired) electrons. The van der Waals surface area contributed by atoms with Crippen LogP contribution in [0.25, 0.3) is 10.9 Å². The summed E-state index contributed by atoms with van der Waals surface area (Å²) in [6.07, 6.45) is 0. The summed E-state index contributed by atoms with van der Waals surface area (Å²) in [5, 5.41) is 0.952. The van der Waals surface area contributed by atoms with E-state index in [-0.39, 0.29) is 23.9 Å². The number of benzene rings is 2. The lowest BCUT2D eigenvalue weighted by molar-refractivity contribution is 0.0722. The van der Waals surface area contributed by atoms with Crippen molar-refractivity contribution < 1.29 is 9.53 Å². The molecule has 0 aliphatic heterocycles. The van der Waals surface area contributed by atoms with E-state index in [0.29, 0.717) is 23.4 Å². The Morgan fingerprint density at radius 3 is 2.48 bits per heavy atom. The Morgan fingerprint density at radius 2 is 1.81 bits per heavy atom. The van der Waals surface area contributed by atoms with Gasteiger partial charge in [-0.3, -0.25) is 9.59 Å². The van der Waals surface area contributed by atoms with E-state index in [1.54, 1.807) is 36.3 Å². The third-order valence-corrected chi connectivity index (χ3v) is 4.40. The number of hydrogen-bond acceptors (Lipinski definition) is 3. The highest BCUT2D eigenvalue weighted by atomic mass is 16.5. The van der Waals surface area contributed by atoms with Gasteiger partial charge >= 0.3 is 0 Å². The molecule has 140 valence electrons. The predicted molar refractivity (Wildman–Crippen MR) is 107 cm³/mol. The third-order valence-electron chi connectivity index (χ3n) is 4.40. The number of aromatic nitrogens is 1. The van der Waals surface area contributed by atoms with Crippen molar-refractivity contribution >= 4 is 16.8 Å². The van der Waals surface area contributed by atoms with Gasteiger partial charge in [0.05, 0.1) is 13.7 Å². The molecule has 0 unspecified atom stereocenters. The van der Waals surface area contributed by atoms with Crippen LogP contribution in [0.3, 0.4) is 0 Å². The van der Waals surface area contributed by atoms with Gasteiger partial charge in [-0.15, -0.1) is 0 Å². The summed E-state index contributed by atoms with van der Waals surface area (Å²) in [4.78, 5) is 30.1. The van der Waals surface area contributed by atoms with E-state index >= 15 is 0 Å². The van der Waals surface area contributed by atoms with Gasteiger partial charge < -0.3 is 14.6 Å². The molecule has 5 heteroatoms. The molecule has 0 fully saturated rings. The maximum Gasteiger partial charge on any atom is 0.254 e. The van der Waals surface area contributed by atoms with Crippen molar-refractivity contribution in [1.82, 2.24) is 9.88 Å². The van der Waals surface area contributed by atoms with Gasteiger partial charge in [-0.2, -0.15) is 0 Å². The second-order valence-electron chi connectivity index (χ2n) is 7.02. The van der Waals surface area contributed by atoms with Crippen LogP contribution in [0.5, 0.6) is 5.75 Å². The second kappa shape index (κ2) is 8.08. The molecule has 0 saturated heterocycles. The Balaban J connectivity index is 1.91. The number of fused-ring (bicyclic) bond motifs is 1. The lowest BCUT2D eigenvalue weighted by atomic mass is 10.1. The van der Waals surface area contributed by atoms with E-state index < -0.39 is 0 Å². The van der Waals surface area contributed by atoms with E-state index in [1.165, 1.54) is 0 Å². The minimum absolute atomic E-state index is 0.0982. The summed E-state index contributed by atoms with van der Waals surface area (Å²) in [5.41, 5.74) is 1.79. The van der Waals surface area contributed by atoms with Crippen molar-refractivity contribution in [3.8, 4) is 5.75 Å². The van der Waals surface area contributed by atoms with Crippen molar-refractivity contribution in [3.63, 3.8) is 0 Å². The molecule has 3 aromatic rings. The van der Waals surface area contributed by atoms with E-state index in [2.05, 4.69) is 18.8 Å². The molecule has 27 heavy (non-hydrogen) atoms. The smallest absolute Gasteiger partial charge is 0.254 e. The van der Waals surface area contributed by atoms with Crippen LogP contribution in [0.15, 0.2) is 59.4 Å². The number of ether oxygens (including phenoxy) is 1. The molecule has 0 aliphatic carbocycles. The number of hydrogen-bond donors (Lipinski definition) is 1. The maximum absolute atomic E-state index is 13.0. The fourth-order valence-corrected chi connectivity index (χ4v) is 3.09. The highest BCUT2D eigenvalue weighted by Gasteiger charge is 2.19. The van der Waals surface area contributed by atoms with Gasteiger partial charge in [-0.25, -0.2) is 0 Å². The summed E-state index contributed by atoms with van der Waals surface area (Å²) in [6, 6.07) is 16.5. The summed E-state index contributed by atoms with van der Waals surface area (Å²) in [5.74, 6) is 0.888. The Labute approximate surface area is 158 Å². The third kappa shape index (κ3) is 4.37. The molecule has 0 atom stereocenters. The topological polar surface area (TPSA) is 62.4 Å². The van der Waals surface area contributed by atoms with E-state index in [0.717, 1.165) is 10.9 Å². The normalized spacial score (nSPS) is 11.0. The van der Waals surface area contributed by atoms with Gasteiger partial charge in [0.15, 0.2) is 0 Å². The highest BCUT2D eigenvalue weighted by Crippen LogP contribution is 2.17. The maximum atomic E-state index is 13.0. The number of nitrogens with zero attached hydrogens (tertiary/aromatic N) is 1. The number of H-pyrrole nitrogens is 1. The first-order valence-electron chi connectivity index (χ1n) is 9.02. The molecular weight excluding hydrogens is 340 g/mol. The van der Waals surface area contributed by atoms with Crippen LogP contribution in [0.1, 0.15) is 29.8 Å². The van der Waals surface area contributed by atoms with Crippen LogP contribution in [-0.4, -0.2) is 29.4 Å². The zero-order valence-electron chi connectivity index (χ0n) is 15.9. The first kappa shape index (κ1) is 18.7. The summed E-state index contributed by atoms with van der Waals surface area (Å²) >= 11 is 0. The Kier molecular flexibility index (Phi) is 5.60. The van der Waals surface area contributed by atoms with Gasteiger partial charge in [0, 0.05) is 23.2 Å². The van der Waals surface area contributed by atoms with Gasteiger partial charge in [0.1, 0.15) is 5.75 Å². The second-order valence-corrected chi connectivity index (χ2v) is 7.02. The van der Waals surface area contributed by atoms with Crippen LogP contribution in [0, 0.1) is 5.92 Å². The number of carbonyl (C=O) groups is 1. The summed E-state index contributed by atoms with van der Waals surface area (Å²) in [7, 11) is 1.59. The highest BCUT2D eigenvalue weighted by molar-refractivity contribution is 5.94. The van der Waals surface area contributed by atoms with Crippen molar-refractivity contribution in [1.29, 1.82) is 0 Å². The number of carbonyl (C=O) groups excluding carboxylic acids is 1. The van der Waals surface area contributed by atoms with Crippen LogP contribution < -0.4 is 10.3 Å². The standard InChI is InChI=1S/C22H24N2O3/c1-15(2)13-24(22(26)16-8-10-19(27-3)11-9-16)14-18-12-17-6-4-5-7-20(17)23-21(18)25/h4-12,15H,13-14H2,1-3H3,(H,23,25). The first-order chi connectivity index (χ1) is 13.0. The molecule has 1 amide bonds. The van der Waals surface area contributed by atoms with Gasteiger partial charge in [0.2, 0.25) is 0 Å². The van der Waals surface area contributed by atoms with Crippen LogP contribution in [-0.2, 0) is 6.54 Å². The Morgan fingerprint density at radius 1 is 1.11 bits per heavy atom. The van der Waals surface area contributed by atoms with Crippen molar-refractivity contribution in [3.05, 3.63) is 76.1 Å². The van der Waals surface area contributed by atoms with E-state index in [1.807, 2.05) is 30.3 Å². The van der Waals surface area contributed by atoms with Crippen LogP contribution in [0.2, 0.25) is 0 Å². The molecule has 2 aromatic carbocycles. The van der Waals surface area contributed by atoms with Crippen molar-refractivity contribution in [2.45, 2.75) is 20.4 Å². The fourth-order valence-electron chi connectivity index (χ4n) is 3.09. The number of rotatable bonds is 6. The number of methoxy groups -OCH3 is 1. The summed E-state index contributed by atoms with van der Waals surface area (Å²) < 4.78 is 5.16. The molecule has 0 spiro atoms. The minimum Gasteiger partial charge on any atom is -0.497 e. The molecular formula is C22H24N2O3. The number of pyridine rings is 1. The Hall–Kier alpha value is -3.08. The van der Waals surface area contributed by atoms with Crippen LogP contribution in [0.4, 0.5) is 0 Å². The molecule has 3 rings (SSSR count). The van der Waals surface area contributed by atoms with Crippen molar-refractivity contribution in [2.24, 2.45) is 5.92 Å². The largest absolute Gasteiger partial charge is 0.497 e. The monoisotopic (exact) mass is 364 g/mol.